The number of anilines is 2. The Bertz CT molecular complexity index is 2050. The summed E-state index contributed by atoms with van der Waals surface area (Å²) in [6.45, 7) is 6.30. The molecule has 6 rings (SSSR count). The van der Waals surface area contributed by atoms with E-state index in [-0.39, 0.29) is 42.7 Å². The van der Waals surface area contributed by atoms with Crippen LogP contribution in [-0.2, 0) is 18.9 Å². The zero-order valence-corrected chi connectivity index (χ0v) is 31.4. The highest BCUT2D eigenvalue weighted by Crippen LogP contribution is 2.38. The van der Waals surface area contributed by atoms with Crippen LogP contribution in [0.5, 0.6) is 11.5 Å². The standard InChI is InChI=1S/C40H48N8O6/c1-25(2)41-14-15-42-38(50)33-18-27(23-46(33)3)26-10-12-28(13-11-26)45-39(51)34-19-29(24-47(34)4)44-37(49)9-7-17-54-36-21-32-31(20-35(36)53-5)40(52)48-16-6-8-30(48)22-43-32/h10-13,18-25,30,41H,6-9,14-17H2,1-5H3,(H,42,50)(H,44,49)(H,45,51)/t30-/m0/s1. The Kier molecular flexibility index (Phi) is 11.8. The van der Waals surface area contributed by atoms with E-state index in [1.807, 2.05) is 54.7 Å². The third-order valence-corrected chi connectivity index (χ3v) is 9.46. The lowest BCUT2D eigenvalue weighted by molar-refractivity contribution is -0.116. The summed E-state index contributed by atoms with van der Waals surface area (Å²) in [5, 5.41) is 12.0. The van der Waals surface area contributed by atoms with Gasteiger partial charge in [-0.1, -0.05) is 26.0 Å². The smallest absolute Gasteiger partial charge is 0.272 e. The molecule has 2 aromatic heterocycles. The molecule has 14 heteroatoms. The second-order valence-corrected chi connectivity index (χ2v) is 13.9. The molecular formula is C40H48N8O6. The van der Waals surface area contributed by atoms with Crippen LogP contribution >= 0.6 is 0 Å². The highest BCUT2D eigenvalue weighted by atomic mass is 16.5. The molecule has 4 aromatic rings. The Morgan fingerprint density at radius 3 is 2.41 bits per heavy atom. The maximum atomic E-state index is 13.2. The number of rotatable bonds is 15. The first kappa shape index (κ1) is 37.9. The molecule has 54 heavy (non-hydrogen) atoms. The summed E-state index contributed by atoms with van der Waals surface area (Å²) < 4.78 is 14.9. The zero-order chi connectivity index (χ0) is 38.4. The van der Waals surface area contributed by atoms with Gasteiger partial charge in [0.05, 0.1) is 36.7 Å². The number of nitrogens with zero attached hydrogens (tertiary/aromatic N) is 4. The quantitative estimate of drug-likeness (QED) is 0.123. The van der Waals surface area contributed by atoms with Crippen LogP contribution in [0.1, 0.15) is 70.9 Å². The number of hydrogen-bond acceptors (Lipinski definition) is 8. The van der Waals surface area contributed by atoms with E-state index >= 15 is 0 Å². The molecule has 4 amide bonds. The molecule has 1 atom stereocenters. The van der Waals surface area contributed by atoms with E-state index in [2.05, 4.69) is 40.1 Å². The van der Waals surface area contributed by atoms with Crippen molar-refractivity contribution in [2.75, 3.05) is 44.0 Å². The van der Waals surface area contributed by atoms with Gasteiger partial charge in [-0.2, -0.15) is 0 Å². The molecule has 1 saturated heterocycles. The second kappa shape index (κ2) is 16.8. The van der Waals surface area contributed by atoms with Crippen molar-refractivity contribution in [3.63, 3.8) is 0 Å². The number of aryl methyl sites for hydroxylation is 2. The predicted molar refractivity (Wildman–Crippen MR) is 208 cm³/mol. The SMILES string of the molecule is COc1cc2c(cc1OCCCC(=O)Nc1cc(C(=O)Nc3ccc(-c4cc(C(=O)NCCNC(C)C)n(C)c4)cc3)n(C)c1)N=C[C@@H]1CCCN1C2=O. The molecule has 14 nitrogen and oxygen atoms in total. The molecule has 0 saturated carbocycles. The second-order valence-electron chi connectivity index (χ2n) is 13.9. The monoisotopic (exact) mass is 736 g/mol. The van der Waals surface area contributed by atoms with E-state index in [1.165, 1.54) is 7.11 Å². The number of aromatic nitrogens is 2. The molecule has 2 aromatic carbocycles. The van der Waals surface area contributed by atoms with Gasteiger partial charge in [-0.15, -0.1) is 0 Å². The predicted octanol–water partition coefficient (Wildman–Crippen LogP) is 5.14. The van der Waals surface area contributed by atoms with Gasteiger partial charge in [0.25, 0.3) is 17.7 Å². The first-order chi connectivity index (χ1) is 26.0. The molecule has 4 heterocycles. The Labute approximate surface area is 314 Å². The fourth-order valence-corrected chi connectivity index (χ4v) is 6.63. The number of methoxy groups -OCH3 is 1. The van der Waals surface area contributed by atoms with Crippen LogP contribution in [0.25, 0.3) is 11.1 Å². The lowest BCUT2D eigenvalue weighted by Crippen LogP contribution is -2.35. The fraction of sp³-hybridized carbons (Fsp3) is 0.375. The van der Waals surface area contributed by atoms with Gasteiger partial charge in [-0.05, 0) is 55.2 Å². The van der Waals surface area contributed by atoms with Crippen molar-refractivity contribution in [1.29, 1.82) is 0 Å². The highest BCUT2D eigenvalue weighted by molar-refractivity contribution is 6.05. The van der Waals surface area contributed by atoms with Crippen LogP contribution < -0.4 is 30.7 Å². The van der Waals surface area contributed by atoms with E-state index in [0.717, 1.165) is 24.0 Å². The molecule has 0 bridgehead atoms. The van der Waals surface area contributed by atoms with Gasteiger partial charge in [-0.25, -0.2) is 0 Å². The van der Waals surface area contributed by atoms with E-state index in [1.54, 1.807) is 40.6 Å². The van der Waals surface area contributed by atoms with Gasteiger partial charge in [0.2, 0.25) is 5.91 Å². The summed E-state index contributed by atoms with van der Waals surface area (Å²) in [6.07, 6.45) is 7.88. The summed E-state index contributed by atoms with van der Waals surface area (Å²) in [5.41, 5.74) is 4.85. The van der Waals surface area contributed by atoms with Gasteiger partial charge in [-0.3, -0.25) is 24.2 Å². The Morgan fingerprint density at radius 1 is 0.889 bits per heavy atom. The molecular weight excluding hydrogens is 688 g/mol. The number of ether oxygens (including phenoxy) is 2. The number of benzene rings is 2. The lowest BCUT2D eigenvalue weighted by Gasteiger charge is -2.20. The summed E-state index contributed by atoms with van der Waals surface area (Å²) in [4.78, 5) is 58.2. The van der Waals surface area contributed by atoms with E-state index in [4.69, 9.17) is 9.47 Å². The van der Waals surface area contributed by atoms with E-state index < -0.39 is 0 Å². The third-order valence-electron chi connectivity index (χ3n) is 9.46. The van der Waals surface area contributed by atoms with Gasteiger partial charge >= 0.3 is 0 Å². The average Bonchev–Trinajstić information content (AvgIpc) is 3.87. The molecule has 1 fully saturated rings. The summed E-state index contributed by atoms with van der Waals surface area (Å²) in [6, 6.07) is 14.6. The molecule has 2 aliphatic heterocycles. The van der Waals surface area contributed by atoms with E-state index in [9.17, 15) is 19.2 Å². The first-order valence-corrected chi connectivity index (χ1v) is 18.3. The average molecular weight is 737 g/mol. The first-order valence-electron chi connectivity index (χ1n) is 18.3. The molecule has 0 radical (unpaired) electrons. The van der Waals surface area contributed by atoms with Crippen LogP contribution in [0, 0.1) is 0 Å². The van der Waals surface area contributed by atoms with Gasteiger partial charge in [0, 0.05) is 82.1 Å². The Balaban J connectivity index is 0.978. The summed E-state index contributed by atoms with van der Waals surface area (Å²) in [5.74, 6) is 0.139. The summed E-state index contributed by atoms with van der Waals surface area (Å²) in [7, 11) is 5.10. The van der Waals surface area contributed by atoms with E-state index in [0.29, 0.717) is 77.6 Å². The van der Waals surface area contributed by atoms with Gasteiger partial charge < -0.3 is 44.8 Å². The van der Waals surface area contributed by atoms with Crippen LogP contribution in [0.2, 0.25) is 0 Å². The topological polar surface area (TPSA) is 160 Å². The summed E-state index contributed by atoms with van der Waals surface area (Å²) >= 11 is 0. The van der Waals surface area contributed by atoms with Crippen LogP contribution in [0.3, 0.4) is 0 Å². The zero-order valence-electron chi connectivity index (χ0n) is 31.4. The van der Waals surface area contributed by atoms with Crippen molar-refractivity contribution in [1.82, 2.24) is 24.7 Å². The van der Waals surface area contributed by atoms with Crippen LogP contribution in [0.4, 0.5) is 17.1 Å². The lowest BCUT2D eigenvalue weighted by atomic mass is 10.1. The van der Waals surface area contributed by atoms with Crippen LogP contribution in [-0.4, -0.2) is 89.3 Å². The maximum absolute atomic E-state index is 13.2. The maximum Gasteiger partial charge on any atom is 0.272 e. The van der Waals surface area contributed by atoms with Gasteiger partial charge in [0.15, 0.2) is 11.5 Å². The minimum atomic E-state index is -0.328. The van der Waals surface area contributed by atoms with Crippen molar-refractivity contribution in [3.05, 3.63) is 77.9 Å². The molecule has 0 unspecified atom stereocenters. The molecule has 4 N–H and O–H groups in total. The molecule has 0 spiro atoms. The minimum absolute atomic E-state index is 0.00655. The number of amides is 4. The third kappa shape index (κ3) is 8.83. The molecule has 2 aliphatic rings. The fourth-order valence-electron chi connectivity index (χ4n) is 6.63. The Morgan fingerprint density at radius 2 is 1.65 bits per heavy atom. The van der Waals surface area contributed by atoms with Crippen molar-refractivity contribution in [2.45, 2.75) is 51.6 Å². The number of nitrogens with one attached hydrogen (secondary N) is 4. The number of carbonyl (C=O) groups is 4. The minimum Gasteiger partial charge on any atom is -0.493 e. The number of hydrogen-bond donors (Lipinski definition) is 4. The normalized spacial score (nSPS) is 14.7. The number of fused-ring (bicyclic) bond motifs is 2. The van der Waals surface area contributed by atoms with Gasteiger partial charge in [0.1, 0.15) is 11.4 Å². The highest BCUT2D eigenvalue weighted by Gasteiger charge is 2.32. The molecule has 0 aliphatic carbocycles. The number of carbonyl (C=O) groups excluding carboxylic acids is 4. The van der Waals surface area contributed by atoms with Crippen molar-refractivity contribution in [3.8, 4) is 22.6 Å². The molecule has 284 valence electrons. The largest absolute Gasteiger partial charge is 0.493 e. The van der Waals surface area contributed by atoms with Crippen molar-refractivity contribution >= 4 is 46.9 Å². The number of aliphatic imine (C=N–C) groups is 1. The Hall–Kier alpha value is -5.89. The van der Waals surface area contributed by atoms with Crippen molar-refractivity contribution < 1.29 is 28.7 Å². The van der Waals surface area contributed by atoms with Crippen molar-refractivity contribution in [2.24, 2.45) is 19.1 Å². The van der Waals surface area contributed by atoms with Crippen LogP contribution in [0.15, 0.2) is 65.9 Å².